The van der Waals surface area contributed by atoms with E-state index in [1.165, 1.54) is 31.9 Å². The van der Waals surface area contributed by atoms with Crippen molar-refractivity contribution in [2.75, 3.05) is 5.32 Å². The summed E-state index contributed by atoms with van der Waals surface area (Å²) >= 11 is 8.22. The van der Waals surface area contributed by atoms with Crippen molar-refractivity contribution in [3.63, 3.8) is 0 Å². The van der Waals surface area contributed by atoms with E-state index in [2.05, 4.69) is 26.0 Å². The van der Waals surface area contributed by atoms with Gasteiger partial charge in [-0.2, -0.15) is 0 Å². The highest BCUT2D eigenvalue weighted by Crippen LogP contribution is 2.44. The largest absolute Gasteiger partial charge is 0.362 e. The van der Waals surface area contributed by atoms with Gasteiger partial charge in [-0.05, 0) is 55.6 Å². The lowest BCUT2D eigenvalue weighted by molar-refractivity contribution is 0.0941. The maximum Gasteiger partial charge on any atom is 0.271 e. The van der Waals surface area contributed by atoms with E-state index in [4.69, 9.17) is 11.6 Å². The van der Waals surface area contributed by atoms with Gasteiger partial charge < -0.3 is 10.6 Å². The quantitative estimate of drug-likeness (QED) is 0.573. The summed E-state index contributed by atoms with van der Waals surface area (Å²) in [5, 5.41) is 9.98. The SMILES string of the molecule is C[C@H](/C=C/SC1CC1)NC(=O)c1cnc(N[C@@H](c2ccccc2Cl)C2CC2)cn1. The molecule has 1 aromatic carbocycles. The molecular formula is C22H25ClN4OS. The minimum atomic E-state index is -0.220. The van der Waals surface area contributed by atoms with Gasteiger partial charge in [0.2, 0.25) is 0 Å². The molecule has 2 aliphatic carbocycles. The fraction of sp³-hybridized carbons (Fsp3) is 0.409. The Morgan fingerprint density at radius 2 is 2.00 bits per heavy atom. The highest BCUT2D eigenvalue weighted by Gasteiger charge is 2.33. The Balaban J connectivity index is 1.36. The number of aromatic nitrogens is 2. The zero-order chi connectivity index (χ0) is 20.2. The van der Waals surface area contributed by atoms with Gasteiger partial charge in [0.25, 0.3) is 5.91 Å². The summed E-state index contributed by atoms with van der Waals surface area (Å²) in [5.41, 5.74) is 1.39. The van der Waals surface area contributed by atoms with E-state index in [0.29, 0.717) is 17.4 Å². The molecule has 4 rings (SSSR count). The van der Waals surface area contributed by atoms with Crippen LogP contribution in [0.5, 0.6) is 0 Å². The summed E-state index contributed by atoms with van der Waals surface area (Å²) < 4.78 is 0. The first-order valence-corrected chi connectivity index (χ1v) is 11.4. The van der Waals surface area contributed by atoms with E-state index in [1.807, 2.05) is 49.0 Å². The Morgan fingerprint density at radius 1 is 1.21 bits per heavy atom. The van der Waals surface area contributed by atoms with Crippen molar-refractivity contribution in [2.45, 2.75) is 49.9 Å². The van der Waals surface area contributed by atoms with Crippen molar-refractivity contribution in [2.24, 2.45) is 5.92 Å². The number of nitrogens with zero attached hydrogens (tertiary/aromatic N) is 2. The third-order valence-corrected chi connectivity index (χ3v) is 6.56. The summed E-state index contributed by atoms with van der Waals surface area (Å²) in [4.78, 5) is 21.1. The van der Waals surface area contributed by atoms with Gasteiger partial charge in [0.1, 0.15) is 11.5 Å². The van der Waals surface area contributed by atoms with Crippen molar-refractivity contribution >= 4 is 35.1 Å². The van der Waals surface area contributed by atoms with Crippen LogP contribution in [0.25, 0.3) is 0 Å². The topological polar surface area (TPSA) is 66.9 Å². The Labute approximate surface area is 180 Å². The molecule has 0 unspecified atom stereocenters. The standard InChI is InChI=1S/C22H25ClN4OS/c1-14(10-11-29-16-8-9-16)26-22(28)19-12-25-20(13-24-19)27-21(15-6-7-15)17-4-2-3-5-18(17)23/h2-5,10-16,21H,6-9H2,1H3,(H,25,27)(H,26,28)/b11-10+/t14-,21-/m1/s1. The summed E-state index contributed by atoms with van der Waals surface area (Å²) in [6.45, 7) is 1.95. The van der Waals surface area contributed by atoms with Crippen molar-refractivity contribution in [1.82, 2.24) is 15.3 Å². The molecule has 1 aromatic heterocycles. The Morgan fingerprint density at radius 3 is 2.66 bits per heavy atom. The van der Waals surface area contributed by atoms with Gasteiger partial charge in [0.15, 0.2) is 0 Å². The van der Waals surface area contributed by atoms with Gasteiger partial charge in [0.05, 0.1) is 18.4 Å². The Kier molecular flexibility index (Phi) is 6.40. The van der Waals surface area contributed by atoms with Crippen molar-refractivity contribution in [1.29, 1.82) is 0 Å². The fourth-order valence-corrected chi connectivity index (χ4v) is 4.30. The van der Waals surface area contributed by atoms with E-state index in [1.54, 1.807) is 6.20 Å². The summed E-state index contributed by atoms with van der Waals surface area (Å²) in [6.07, 6.45) is 10.1. The highest BCUT2D eigenvalue weighted by atomic mass is 35.5. The average Bonchev–Trinajstić information content (AvgIpc) is 3.61. The molecule has 0 aliphatic heterocycles. The molecular weight excluding hydrogens is 404 g/mol. The second-order valence-corrected chi connectivity index (χ2v) is 9.31. The molecule has 152 valence electrons. The summed E-state index contributed by atoms with van der Waals surface area (Å²) in [5.74, 6) is 0.968. The molecule has 2 atom stereocenters. The monoisotopic (exact) mass is 428 g/mol. The normalized spacial score (nSPS) is 18.4. The molecule has 2 fully saturated rings. The van der Waals surface area contributed by atoms with Crippen LogP contribution in [-0.2, 0) is 0 Å². The minimum Gasteiger partial charge on any atom is -0.362 e. The maximum atomic E-state index is 12.4. The maximum absolute atomic E-state index is 12.4. The molecule has 0 bridgehead atoms. The van der Waals surface area contributed by atoms with E-state index < -0.39 is 0 Å². The van der Waals surface area contributed by atoms with Gasteiger partial charge in [0, 0.05) is 16.3 Å². The zero-order valence-electron chi connectivity index (χ0n) is 16.3. The number of hydrogen-bond donors (Lipinski definition) is 2. The van der Waals surface area contributed by atoms with Crippen LogP contribution in [0, 0.1) is 5.92 Å². The van der Waals surface area contributed by atoms with Gasteiger partial charge in [-0.15, -0.1) is 11.8 Å². The van der Waals surface area contributed by atoms with Crippen LogP contribution in [-0.4, -0.2) is 27.2 Å². The van der Waals surface area contributed by atoms with Crippen LogP contribution >= 0.6 is 23.4 Å². The third kappa shape index (κ3) is 5.73. The number of hydrogen-bond acceptors (Lipinski definition) is 5. The molecule has 0 spiro atoms. The number of carbonyl (C=O) groups is 1. The number of nitrogens with one attached hydrogen (secondary N) is 2. The number of anilines is 1. The van der Waals surface area contributed by atoms with Crippen molar-refractivity contribution < 1.29 is 4.79 Å². The van der Waals surface area contributed by atoms with Crippen molar-refractivity contribution in [3.8, 4) is 0 Å². The number of halogens is 1. The van der Waals surface area contributed by atoms with Crippen LogP contribution in [0.2, 0.25) is 5.02 Å². The summed E-state index contributed by atoms with van der Waals surface area (Å²) in [6, 6.07) is 7.94. The molecule has 29 heavy (non-hydrogen) atoms. The van der Waals surface area contributed by atoms with Crippen LogP contribution in [0.1, 0.15) is 54.7 Å². The van der Waals surface area contributed by atoms with Crippen molar-refractivity contribution in [3.05, 3.63) is 64.4 Å². The first-order valence-electron chi connectivity index (χ1n) is 10.1. The predicted molar refractivity (Wildman–Crippen MR) is 119 cm³/mol. The molecule has 5 nitrogen and oxygen atoms in total. The molecule has 7 heteroatoms. The number of amides is 1. The molecule has 2 aromatic rings. The minimum absolute atomic E-state index is 0.0483. The van der Waals surface area contributed by atoms with Gasteiger partial charge in [-0.1, -0.05) is 35.9 Å². The van der Waals surface area contributed by atoms with Crippen LogP contribution in [0.3, 0.4) is 0 Å². The number of rotatable bonds is 9. The van der Waals surface area contributed by atoms with E-state index in [-0.39, 0.29) is 18.0 Å². The molecule has 1 amide bonds. The number of thioether (sulfide) groups is 1. The molecule has 0 radical (unpaired) electrons. The van der Waals surface area contributed by atoms with Gasteiger partial charge in [-0.3, -0.25) is 4.79 Å². The fourth-order valence-electron chi connectivity index (χ4n) is 3.09. The van der Waals surface area contributed by atoms with Gasteiger partial charge in [-0.25, -0.2) is 9.97 Å². The number of benzene rings is 1. The van der Waals surface area contributed by atoms with Crippen LogP contribution in [0.15, 0.2) is 48.1 Å². The average molecular weight is 429 g/mol. The highest BCUT2D eigenvalue weighted by molar-refractivity contribution is 8.03. The first kappa shape index (κ1) is 20.2. The lowest BCUT2D eigenvalue weighted by Crippen LogP contribution is -2.31. The third-order valence-electron chi connectivity index (χ3n) is 5.04. The molecule has 2 saturated carbocycles. The Bertz CT molecular complexity index is 881. The first-order chi connectivity index (χ1) is 14.1. The second-order valence-electron chi connectivity index (χ2n) is 7.69. The molecule has 1 heterocycles. The molecule has 2 aliphatic rings. The molecule has 2 N–H and O–H groups in total. The van der Waals surface area contributed by atoms with E-state index in [9.17, 15) is 4.79 Å². The van der Waals surface area contributed by atoms with Crippen LogP contribution < -0.4 is 10.6 Å². The second kappa shape index (κ2) is 9.18. The zero-order valence-corrected chi connectivity index (χ0v) is 17.9. The summed E-state index contributed by atoms with van der Waals surface area (Å²) in [7, 11) is 0. The molecule has 0 saturated heterocycles. The van der Waals surface area contributed by atoms with E-state index >= 15 is 0 Å². The van der Waals surface area contributed by atoms with Gasteiger partial charge >= 0.3 is 0 Å². The lowest BCUT2D eigenvalue weighted by Gasteiger charge is -2.20. The number of carbonyl (C=O) groups excluding carboxylic acids is 1. The lowest BCUT2D eigenvalue weighted by atomic mass is 10.0. The smallest absolute Gasteiger partial charge is 0.271 e. The predicted octanol–water partition coefficient (Wildman–Crippen LogP) is 5.22. The van der Waals surface area contributed by atoms with Crippen LogP contribution in [0.4, 0.5) is 5.82 Å². The van der Waals surface area contributed by atoms with E-state index in [0.717, 1.165) is 15.8 Å². The Hall–Kier alpha value is -2.05.